The number of quaternary nitrogens is 1. The fourth-order valence-electron chi connectivity index (χ4n) is 4.35. The van der Waals surface area contributed by atoms with Gasteiger partial charge in [0.15, 0.2) is 6.54 Å². The molecule has 1 fully saturated rings. The van der Waals surface area contributed by atoms with Crippen LogP contribution in [0.5, 0.6) is 0 Å². The molecule has 1 aliphatic carbocycles. The highest BCUT2D eigenvalue weighted by Crippen LogP contribution is 2.38. The molecule has 0 atom stereocenters. The molecule has 2 aliphatic rings. The smallest absolute Gasteiger partial charge is 0.280 e. The fourth-order valence-corrected chi connectivity index (χ4v) is 5.66. The lowest BCUT2D eigenvalue weighted by Crippen LogP contribution is -3.14. The number of amides is 2. The van der Waals surface area contributed by atoms with Crippen LogP contribution in [0.4, 0.5) is 10.7 Å². The van der Waals surface area contributed by atoms with E-state index in [4.69, 9.17) is 0 Å². The number of carbonyl (C=O) groups excluding carboxylic acids is 2. The van der Waals surface area contributed by atoms with Crippen LogP contribution in [-0.2, 0) is 17.6 Å². The van der Waals surface area contributed by atoms with Gasteiger partial charge in [-0.05, 0) is 62.1 Å². The first kappa shape index (κ1) is 20.1. The monoisotopic (exact) mass is 412 g/mol. The molecule has 2 heterocycles. The fraction of sp³-hybridized carbons (Fsp3) is 0.478. The van der Waals surface area contributed by atoms with Crippen molar-refractivity contribution in [3.63, 3.8) is 0 Å². The predicted octanol–water partition coefficient (Wildman–Crippen LogP) is 3.13. The SMILES string of the molecule is CC1CC[NH+](CC(=O)Nc2sc3c(c2C(=O)Nc2ccccc2)CCCC3)CC1. The van der Waals surface area contributed by atoms with Gasteiger partial charge in [0.1, 0.15) is 5.00 Å². The molecule has 0 spiro atoms. The molecule has 0 saturated carbocycles. The molecular weight excluding hydrogens is 382 g/mol. The van der Waals surface area contributed by atoms with E-state index in [9.17, 15) is 9.59 Å². The lowest BCUT2D eigenvalue weighted by atomic mass is 9.95. The number of piperidine rings is 1. The van der Waals surface area contributed by atoms with Gasteiger partial charge in [-0.3, -0.25) is 9.59 Å². The average Bonchev–Trinajstić information content (AvgIpc) is 3.08. The number of carbonyl (C=O) groups is 2. The van der Waals surface area contributed by atoms with Crippen molar-refractivity contribution in [2.45, 2.75) is 45.4 Å². The summed E-state index contributed by atoms with van der Waals surface area (Å²) in [7, 11) is 0. The Balaban J connectivity index is 1.51. The lowest BCUT2D eigenvalue weighted by Gasteiger charge is -2.26. The summed E-state index contributed by atoms with van der Waals surface area (Å²) in [6.45, 7) is 4.87. The molecule has 2 aromatic rings. The van der Waals surface area contributed by atoms with E-state index in [-0.39, 0.29) is 11.8 Å². The predicted molar refractivity (Wildman–Crippen MR) is 118 cm³/mol. The van der Waals surface area contributed by atoms with E-state index in [1.165, 1.54) is 22.6 Å². The van der Waals surface area contributed by atoms with Crippen LogP contribution in [0.15, 0.2) is 30.3 Å². The van der Waals surface area contributed by atoms with Gasteiger partial charge in [-0.25, -0.2) is 0 Å². The second-order valence-corrected chi connectivity index (χ2v) is 9.50. The Morgan fingerprint density at radius 1 is 1.07 bits per heavy atom. The molecule has 154 valence electrons. The number of thiophene rings is 1. The summed E-state index contributed by atoms with van der Waals surface area (Å²) in [5.41, 5.74) is 2.57. The van der Waals surface area contributed by atoms with E-state index >= 15 is 0 Å². The van der Waals surface area contributed by atoms with Gasteiger partial charge in [-0.2, -0.15) is 0 Å². The standard InChI is InChI=1S/C23H29N3O2S/c1-16-11-13-26(14-12-16)15-20(27)25-23-21(18-9-5-6-10-19(18)29-23)22(28)24-17-7-3-2-4-8-17/h2-4,7-8,16H,5-6,9-15H2,1H3,(H,24,28)(H,25,27)/p+1. The highest BCUT2D eigenvalue weighted by atomic mass is 32.1. The number of fused-ring (bicyclic) bond motifs is 1. The number of para-hydroxylation sites is 1. The summed E-state index contributed by atoms with van der Waals surface area (Å²) in [5, 5.41) is 6.82. The Labute approximate surface area is 176 Å². The zero-order valence-corrected chi connectivity index (χ0v) is 17.9. The van der Waals surface area contributed by atoms with E-state index in [0.29, 0.717) is 12.1 Å². The summed E-state index contributed by atoms with van der Waals surface area (Å²) in [4.78, 5) is 28.5. The third-order valence-corrected chi connectivity index (χ3v) is 7.28. The zero-order chi connectivity index (χ0) is 20.2. The normalized spacial score (nSPS) is 21.3. The molecule has 3 N–H and O–H groups in total. The molecule has 1 saturated heterocycles. The first-order valence-electron chi connectivity index (χ1n) is 10.7. The number of nitrogens with one attached hydrogen (secondary N) is 3. The topological polar surface area (TPSA) is 62.6 Å². The van der Waals surface area contributed by atoms with E-state index in [0.717, 1.165) is 60.9 Å². The summed E-state index contributed by atoms with van der Waals surface area (Å²) >= 11 is 1.59. The maximum atomic E-state index is 13.1. The molecule has 2 amide bonds. The third-order valence-electron chi connectivity index (χ3n) is 6.07. The number of benzene rings is 1. The number of hydrogen-bond acceptors (Lipinski definition) is 3. The quantitative estimate of drug-likeness (QED) is 0.707. The number of aryl methyl sites for hydroxylation is 1. The number of anilines is 2. The molecule has 1 aromatic carbocycles. The minimum absolute atomic E-state index is 0.0157. The maximum Gasteiger partial charge on any atom is 0.280 e. The van der Waals surface area contributed by atoms with Crippen molar-refractivity contribution < 1.29 is 14.5 Å². The molecule has 1 aromatic heterocycles. The van der Waals surface area contributed by atoms with Gasteiger partial charge in [0, 0.05) is 10.6 Å². The van der Waals surface area contributed by atoms with Gasteiger partial charge in [0.25, 0.3) is 11.8 Å². The van der Waals surface area contributed by atoms with Crippen LogP contribution in [-0.4, -0.2) is 31.4 Å². The number of hydrogen-bond donors (Lipinski definition) is 3. The van der Waals surface area contributed by atoms with E-state index in [1.54, 1.807) is 11.3 Å². The van der Waals surface area contributed by atoms with E-state index in [1.807, 2.05) is 30.3 Å². The summed E-state index contributed by atoms with van der Waals surface area (Å²) in [6.07, 6.45) is 6.52. The molecular formula is C23H30N3O2S+. The Morgan fingerprint density at radius 2 is 1.79 bits per heavy atom. The molecule has 5 nitrogen and oxygen atoms in total. The minimum atomic E-state index is -0.120. The molecule has 6 heteroatoms. The summed E-state index contributed by atoms with van der Waals surface area (Å²) in [6, 6.07) is 9.51. The summed E-state index contributed by atoms with van der Waals surface area (Å²) in [5.74, 6) is 0.658. The number of rotatable bonds is 5. The van der Waals surface area contributed by atoms with Crippen LogP contribution < -0.4 is 15.5 Å². The van der Waals surface area contributed by atoms with Gasteiger partial charge in [0.05, 0.1) is 18.7 Å². The van der Waals surface area contributed by atoms with Gasteiger partial charge in [-0.15, -0.1) is 11.3 Å². The van der Waals surface area contributed by atoms with Gasteiger partial charge in [-0.1, -0.05) is 25.1 Å². The molecule has 29 heavy (non-hydrogen) atoms. The second kappa shape index (κ2) is 9.09. The van der Waals surface area contributed by atoms with Crippen LogP contribution in [0.3, 0.4) is 0 Å². The zero-order valence-electron chi connectivity index (χ0n) is 17.1. The van der Waals surface area contributed by atoms with Crippen LogP contribution in [0.2, 0.25) is 0 Å². The van der Waals surface area contributed by atoms with Gasteiger partial charge >= 0.3 is 0 Å². The van der Waals surface area contributed by atoms with Crippen molar-refractivity contribution in [1.82, 2.24) is 0 Å². The highest BCUT2D eigenvalue weighted by molar-refractivity contribution is 7.17. The van der Waals surface area contributed by atoms with Gasteiger partial charge < -0.3 is 15.5 Å². The van der Waals surface area contributed by atoms with Crippen LogP contribution >= 0.6 is 11.3 Å². The van der Waals surface area contributed by atoms with E-state index < -0.39 is 0 Å². The third kappa shape index (κ3) is 4.87. The minimum Gasteiger partial charge on any atom is -0.327 e. The number of likely N-dealkylation sites (tertiary alicyclic amines) is 1. The van der Waals surface area contributed by atoms with Gasteiger partial charge in [0.2, 0.25) is 0 Å². The Hall–Kier alpha value is -2.18. The average molecular weight is 413 g/mol. The molecule has 0 radical (unpaired) electrons. The van der Waals surface area contributed by atoms with Crippen LogP contribution in [0.1, 0.15) is 53.4 Å². The Kier molecular flexibility index (Phi) is 6.31. The van der Waals surface area contributed by atoms with Crippen molar-refractivity contribution >= 4 is 33.8 Å². The first-order valence-corrected chi connectivity index (χ1v) is 11.6. The summed E-state index contributed by atoms with van der Waals surface area (Å²) < 4.78 is 0. The van der Waals surface area contributed by atoms with Crippen LogP contribution in [0.25, 0.3) is 0 Å². The maximum absolute atomic E-state index is 13.1. The molecule has 0 bridgehead atoms. The largest absolute Gasteiger partial charge is 0.327 e. The van der Waals surface area contributed by atoms with E-state index in [2.05, 4.69) is 17.6 Å². The van der Waals surface area contributed by atoms with Crippen molar-refractivity contribution in [3.05, 3.63) is 46.3 Å². The molecule has 1 aliphatic heterocycles. The Bertz CT molecular complexity index is 870. The van der Waals surface area contributed by atoms with Crippen molar-refractivity contribution in [2.75, 3.05) is 30.3 Å². The van der Waals surface area contributed by atoms with Crippen LogP contribution in [0, 0.1) is 5.92 Å². The lowest BCUT2D eigenvalue weighted by molar-refractivity contribution is -0.897. The van der Waals surface area contributed by atoms with Crippen molar-refractivity contribution in [1.29, 1.82) is 0 Å². The van der Waals surface area contributed by atoms with Crippen molar-refractivity contribution in [3.8, 4) is 0 Å². The highest BCUT2D eigenvalue weighted by Gasteiger charge is 2.28. The first-order chi connectivity index (χ1) is 14.1. The molecule has 4 rings (SSSR count). The Morgan fingerprint density at radius 3 is 2.55 bits per heavy atom. The second-order valence-electron chi connectivity index (χ2n) is 8.39. The molecule has 0 unspecified atom stereocenters. The van der Waals surface area contributed by atoms with Crippen molar-refractivity contribution in [2.24, 2.45) is 5.92 Å².